The van der Waals surface area contributed by atoms with Gasteiger partial charge in [0, 0.05) is 12.2 Å². The molecule has 64 valence electrons. The second-order valence-corrected chi connectivity index (χ2v) is 3.66. The van der Waals surface area contributed by atoms with Crippen molar-refractivity contribution < 1.29 is 0 Å². The lowest BCUT2D eigenvalue weighted by Crippen LogP contribution is -2.14. The van der Waals surface area contributed by atoms with Crippen molar-refractivity contribution in [2.75, 3.05) is 0 Å². The maximum Gasteiger partial charge on any atom is 0.0553 e. The van der Waals surface area contributed by atoms with Crippen LogP contribution >= 0.6 is 12.8 Å². The Labute approximate surface area is 78.2 Å². The van der Waals surface area contributed by atoms with Crippen molar-refractivity contribution >= 4 is 12.8 Å². The molecule has 0 radical (unpaired) electrons. The van der Waals surface area contributed by atoms with Crippen LogP contribution in [0.4, 0.5) is 0 Å². The van der Waals surface area contributed by atoms with Crippen LogP contribution in [0.25, 0.3) is 0 Å². The minimum Gasteiger partial charge on any atom is -0.260 e. The third-order valence-corrected chi connectivity index (χ3v) is 2.49. The zero-order valence-electron chi connectivity index (χ0n) is 6.85. The maximum absolute atomic E-state index is 4.39. The molecule has 1 heterocycles. The first-order valence-corrected chi connectivity index (χ1v) is 4.61. The first-order chi connectivity index (χ1) is 5.86. The monoisotopic (exact) mass is 180 g/mol. The predicted molar refractivity (Wildman–Crippen MR) is 51.8 cm³/mol. The van der Waals surface area contributed by atoms with E-state index in [1.165, 1.54) is 12.8 Å². The summed E-state index contributed by atoms with van der Waals surface area (Å²) in [7, 11) is 0. The number of hydrogen-bond acceptors (Lipinski definition) is 3. The molecule has 0 bridgehead atoms. The molecule has 0 N–H and O–H groups in total. The molecule has 0 aliphatic heterocycles. The Morgan fingerprint density at radius 1 is 1.50 bits per heavy atom. The van der Waals surface area contributed by atoms with E-state index in [-0.39, 0.29) is 0 Å². The third-order valence-electron chi connectivity index (χ3n) is 2.02. The summed E-state index contributed by atoms with van der Waals surface area (Å²) >= 11 is 4.39. The van der Waals surface area contributed by atoms with Crippen LogP contribution in [0.2, 0.25) is 0 Å². The van der Waals surface area contributed by atoms with Gasteiger partial charge in [0.1, 0.15) is 0 Å². The molecular formula is C9H12N2S. The number of hydrogen-bond donors (Lipinski definition) is 1. The number of aromatic nitrogens is 1. The summed E-state index contributed by atoms with van der Waals surface area (Å²) in [5, 5.41) is 0. The average Bonchev–Trinajstić information content (AvgIpc) is 2.88. The Morgan fingerprint density at radius 2 is 2.33 bits per heavy atom. The van der Waals surface area contributed by atoms with Crippen LogP contribution in [0.5, 0.6) is 0 Å². The Hall–Kier alpha value is -0.540. The average molecular weight is 180 g/mol. The van der Waals surface area contributed by atoms with Crippen LogP contribution in [0.3, 0.4) is 0 Å². The number of nitrogens with zero attached hydrogens (tertiary/aromatic N) is 2. The van der Waals surface area contributed by atoms with Gasteiger partial charge in [0.05, 0.1) is 12.2 Å². The summed E-state index contributed by atoms with van der Waals surface area (Å²) in [6, 6.07) is 6.67. The van der Waals surface area contributed by atoms with Gasteiger partial charge >= 0.3 is 0 Å². The van der Waals surface area contributed by atoms with Gasteiger partial charge in [-0.15, -0.1) is 0 Å². The Kier molecular flexibility index (Phi) is 2.33. The molecule has 1 aliphatic carbocycles. The Bertz CT molecular complexity index is 246. The SMILES string of the molecule is SN(Cc1ccccn1)C1CC1. The highest BCUT2D eigenvalue weighted by atomic mass is 32.1. The van der Waals surface area contributed by atoms with Crippen molar-refractivity contribution in [2.45, 2.75) is 25.4 Å². The van der Waals surface area contributed by atoms with Crippen LogP contribution in [-0.4, -0.2) is 15.3 Å². The van der Waals surface area contributed by atoms with Gasteiger partial charge in [-0.2, -0.15) is 0 Å². The lowest BCUT2D eigenvalue weighted by molar-refractivity contribution is 0.458. The van der Waals surface area contributed by atoms with Crippen molar-refractivity contribution in [2.24, 2.45) is 0 Å². The molecule has 1 aromatic heterocycles. The normalized spacial score (nSPS) is 16.8. The second kappa shape index (κ2) is 3.46. The molecule has 0 spiro atoms. The summed E-state index contributed by atoms with van der Waals surface area (Å²) in [5.74, 6) is 0. The highest BCUT2D eigenvalue weighted by Crippen LogP contribution is 2.28. The summed E-state index contributed by atoms with van der Waals surface area (Å²) in [6.07, 6.45) is 4.40. The molecule has 1 aliphatic rings. The van der Waals surface area contributed by atoms with Crippen LogP contribution in [-0.2, 0) is 6.54 Å². The molecule has 0 atom stereocenters. The minimum atomic E-state index is 0.690. The fraction of sp³-hybridized carbons (Fsp3) is 0.444. The summed E-state index contributed by atoms with van der Waals surface area (Å²) in [5.41, 5.74) is 1.10. The van der Waals surface area contributed by atoms with E-state index in [0.717, 1.165) is 12.2 Å². The molecule has 1 aromatic rings. The van der Waals surface area contributed by atoms with Gasteiger partial charge in [-0.05, 0) is 25.0 Å². The van der Waals surface area contributed by atoms with E-state index in [0.29, 0.717) is 6.04 Å². The quantitative estimate of drug-likeness (QED) is 0.715. The highest BCUT2D eigenvalue weighted by Gasteiger charge is 2.26. The fourth-order valence-corrected chi connectivity index (χ4v) is 1.54. The highest BCUT2D eigenvalue weighted by molar-refractivity contribution is 7.77. The standard InChI is InChI=1S/C9H12N2S/c12-11(9-4-5-9)7-8-3-1-2-6-10-8/h1-3,6,9,12H,4-5,7H2. The smallest absolute Gasteiger partial charge is 0.0553 e. The molecule has 0 amide bonds. The molecular weight excluding hydrogens is 168 g/mol. The van der Waals surface area contributed by atoms with Gasteiger partial charge in [0.2, 0.25) is 0 Å². The fourth-order valence-electron chi connectivity index (χ4n) is 1.16. The Balaban J connectivity index is 1.94. The van der Waals surface area contributed by atoms with E-state index in [2.05, 4.69) is 22.1 Å². The molecule has 12 heavy (non-hydrogen) atoms. The van der Waals surface area contributed by atoms with E-state index in [1.807, 2.05) is 24.4 Å². The largest absolute Gasteiger partial charge is 0.260 e. The Morgan fingerprint density at radius 3 is 2.92 bits per heavy atom. The maximum atomic E-state index is 4.39. The molecule has 0 unspecified atom stereocenters. The van der Waals surface area contributed by atoms with Gasteiger partial charge in [-0.3, -0.25) is 4.98 Å². The van der Waals surface area contributed by atoms with E-state index in [9.17, 15) is 0 Å². The van der Waals surface area contributed by atoms with Gasteiger partial charge < -0.3 is 0 Å². The molecule has 2 nitrogen and oxygen atoms in total. The minimum absolute atomic E-state index is 0.690. The van der Waals surface area contributed by atoms with Crippen molar-refractivity contribution in [1.82, 2.24) is 9.29 Å². The summed E-state index contributed by atoms with van der Waals surface area (Å²) < 4.78 is 2.07. The van der Waals surface area contributed by atoms with Crippen LogP contribution in [0, 0.1) is 0 Å². The van der Waals surface area contributed by atoms with Crippen molar-refractivity contribution in [3.8, 4) is 0 Å². The predicted octanol–water partition coefficient (Wildman–Crippen LogP) is 1.89. The first-order valence-electron chi connectivity index (χ1n) is 4.21. The molecule has 2 rings (SSSR count). The topological polar surface area (TPSA) is 16.1 Å². The van der Waals surface area contributed by atoms with Gasteiger partial charge in [0.25, 0.3) is 0 Å². The zero-order chi connectivity index (χ0) is 8.39. The number of rotatable bonds is 3. The van der Waals surface area contributed by atoms with Crippen molar-refractivity contribution in [3.05, 3.63) is 30.1 Å². The number of pyridine rings is 1. The molecule has 3 heteroatoms. The van der Waals surface area contributed by atoms with Gasteiger partial charge in [-0.25, -0.2) is 4.31 Å². The van der Waals surface area contributed by atoms with Crippen molar-refractivity contribution in [1.29, 1.82) is 0 Å². The van der Waals surface area contributed by atoms with E-state index in [4.69, 9.17) is 0 Å². The van der Waals surface area contributed by atoms with Crippen LogP contribution in [0.15, 0.2) is 24.4 Å². The van der Waals surface area contributed by atoms with Gasteiger partial charge in [0.15, 0.2) is 0 Å². The van der Waals surface area contributed by atoms with E-state index < -0.39 is 0 Å². The third kappa shape index (κ3) is 1.99. The van der Waals surface area contributed by atoms with E-state index in [1.54, 1.807) is 0 Å². The van der Waals surface area contributed by atoms with Crippen molar-refractivity contribution in [3.63, 3.8) is 0 Å². The summed E-state index contributed by atoms with van der Waals surface area (Å²) in [6.45, 7) is 0.856. The lowest BCUT2D eigenvalue weighted by atomic mass is 10.3. The van der Waals surface area contributed by atoms with Gasteiger partial charge in [-0.1, -0.05) is 18.9 Å². The second-order valence-electron chi connectivity index (χ2n) is 3.15. The molecule has 0 aromatic carbocycles. The zero-order valence-corrected chi connectivity index (χ0v) is 7.74. The number of thiol groups is 1. The van der Waals surface area contributed by atoms with Crippen LogP contribution < -0.4 is 0 Å². The summed E-state index contributed by atoms with van der Waals surface area (Å²) in [4.78, 5) is 4.24. The van der Waals surface area contributed by atoms with E-state index >= 15 is 0 Å². The molecule has 0 saturated heterocycles. The molecule has 1 fully saturated rings. The molecule has 1 saturated carbocycles. The first kappa shape index (κ1) is 8.08. The lowest BCUT2D eigenvalue weighted by Gasteiger charge is -2.12. The van der Waals surface area contributed by atoms with Crippen LogP contribution in [0.1, 0.15) is 18.5 Å².